The van der Waals surface area contributed by atoms with Gasteiger partial charge in [0.15, 0.2) is 11.6 Å². The number of carbonyl (C=O) groups is 4. The van der Waals surface area contributed by atoms with Crippen LogP contribution in [0.4, 0.5) is 14.0 Å². The van der Waals surface area contributed by atoms with Crippen LogP contribution in [0, 0.1) is 5.82 Å². The molecule has 6 saturated heterocycles. The summed E-state index contributed by atoms with van der Waals surface area (Å²) in [6, 6.07) is 8.37. The molecule has 8 aliphatic rings. The van der Waals surface area contributed by atoms with E-state index in [2.05, 4.69) is 10.3 Å². The van der Waals surface area contributed by atoms with Gasteiger partial charge in [-0.1, -0.05) is 20.9 Å². The predicted molar refractivity (Wildman–Crippen MR) is 229 cm³/mol. The number of nitrogens with zero attached hydrogens (tertiary/aromatic N) is 6. The van der Waals surface area contributed by atoms with E-state index in [4.69, 9.17) is 25.8 Å². The van der Waals surface area contributed by atoms with Gasteiger partial charge >= 0.3 is 11.4 Å². The van der Waals surface area contributed by atoms with Crippen molar-refractivity contribution < 1.29 is 37.8 Å². The van der Waals surface area contributed by atoms with E-state index in [0.29, 0.717) is 90.5 Å². The number of likely N-dealkylation sites (tertiary alicyclic amines) is 2. The van der Waals surface area contributed by atoms with Crippen LogP contribution in [0.5, 0.6) is 0 Å². The first kappa shape index (κ1) is 43.0. The molecule has 61 heavy (non-hydrogen) atoms. The number of halogens is 2. The molecule has 1 aromatic carbocycles. The van der Waals surface area contributed by atoms with Gasteiger partial charge in [0.25, 0.3) is 0 Å². The van der Waals surface area contributed by atoms with E-state index in [-0.39, 0.29) is 75.2 Å². The average molecular weight is 860 g/mol. The van der Waals surface area contributed by atoms with Crippen LogP contribution in [0.2, 0.25) is 0 Å². The molecular weight excluding hydrogens is 805 g/mol. The summed E-state index contributed by atoms with van der Waals surface area (Å²) in [4.78, 5) is 60.5. The second-order valence-electron chi connectivity index (χ2n) is 16.8. The van der Waals surface area contributed by atoms with E-state index >= 15 is 4.39 Å². The van der Waals surface area contributed by atoms with Crippen LogP contribution in [-0.2, 0) is 36.9 Å². The quantitative estimate of drug-likeness (QED) is 0.140. The van der Waals surface area contributed by atoms with Crippen LogP contribution in [0.25, 0.3) is 27.7 Å². The van der Waals surface area contributed by atoms with Gasteiger partial charge in [0.2, 0.25) is 0 Å². The number of allylic oxidation sites excluding steroid dienone is 2. The Hall–Kier alpha value is -4.67. The van der Waals surface area contributed by atoms with Gasteiger partial charge in [-0.3, -0.25) is 18.8 Å². The van der Waals surface area contributed by atoms with Gasteiger partial charge in [-0.15, -0.1) is 0 Å². The van der Waals surface area contributed by atoms with E-state index in [1.165, 1.54) is 25.0 Å². The third-order valence-electron chi connectivity index (χ3n) is 12.9. The lowest BCUT2D eigenvalue weighted by Crippen LogP contribution is -2.51. The Morgan fingerprint density at radius 1 is 0.770 bits per heavy atom. The minimum atomic E-state index is -0.450. The molecule has 6 fully saturated rings. The van der Waals surface area contributed by atoms with E-state index in [0.717, 1.165) is 44.3 Å². The largest absolute Gasteiger partial charge is 0.372 e. The average Bonchev–Trinajstić information content (AvgIpc) is 4.07. The molecule has 14 nitrogen and oxygen atoms in total. The molecule has 7 aliphatic heterocycles. The van der Waals surface area contributed by atoms with Crippen LogP contribution in [-0.4, -0.2) is 134 Å². The van der Waals surface area contributed by atoms with Crippen LogP contribution >= 0.6 is 11.6 Å². The van der Waals surface area contributed by atoms with Crippen molar-refractivity contribution in [1.29, 1.82) is 0 Å². The van der Waals surface area contributed by atoms with Crippen molar-refractivity contribution in [2.45, 2.75) is 110 Å². The molecule has 4 aromatic rings. The van der Waals surface area contributed by atoms with Gasteiger partial charge in [-0.05, 0) is 80.0 Å². The molecule has 16 heteroatoms. The lowest BCUT2D eigenvalue weighted by Gasteiger charge is -2.35. The molecule has 12 rings (SSSR count). The first-order valence-corrected chi connectivity index (χ1v) is 21.2. The van der Waals surface area contributed by atoms with Crippen molar-refractivity contribution in [3.8, 4) is 0 Å². The Balaban J connectivity index is 0.000000200. The fraction of sp³-hybridized carbons (Fsp3) is 0.533. The van der Waals surface area contributed by atoms with Crippen molar-refractivity contribution in [2.24, 2.45) is 0 Å². The normalized spacial score (nSPS) is 27.3. The Bertz CT molecular complexity index is 2340. The van der Waals surface area contributed by atoms with Gasteiger partial charge in [0.05, 0.1) is 66.0 Å². The number of pyridine rings is 1. The molecule has 326 valence electrons. The number of amides is 3. The highest BCUT2D eigenvalue weighted by Gasteiger charge is 2.40. The zero-order valence-corrected chi connectivity index (χ0v) is 33.4. The molecule has 3 aromatic heterocycles. The van der Waals surface area contributed by atoms with Crippen molar-refractivity contribution in [3.05, 3.63) is 71.6 Å². The summed E-state index contributed by atoms with van der Waals surface area (Å²) in [5.74, 6) is -1.01. The molecule has 1 N–H and O–H groups in total. The molecule has 10 heterocycles. The highest BCUT2D eigenvalue weighted by Crippen LogP contribution is 2.41. The van der Waals surface area contributed by atoms with Gasteiger partial charge in [0.1, 0.15) is 11.5 Å². The summed E-state index contributed by atoms with van der Waals surface area (Å²) in [7, 11) is 0. The van der Waals surface area contributed by atoms with E-state index in [9.17, 15) is 19.2 Å². The number of nitrogens with one attached hydrogen (secondary N) is 1. The number of aromatic nitrogens is 3. The molecule has 0 radical (unpaired) electrons. The molecule has 1 aliphatic carbocycles. The molecule has 0 spiro atoms. The third kappa shape index (κ3) is 8.34. The number of benzene rings is 1. The SMILES string of the molecule is C.C.C1CC2CNCC1O2.O=C(Cl)N1CC2CCC(C1)O2.O=C1CC(=O)C(c2cnc3ccccn23)=C1c1cn2c3c(cc(F)cc13)CN(C(=O)N1CC3CCC(C1)O3)CC2. The Morgan fingerprint density at radius 3 is 2.02 bits per heavy atom. The predicted octanol–water partition coefficient (Wildman–Crippen LogP) is 6.30. The number of Topliss-reactive ketones (excluding diaryl/α,β-unsaturated/α-hetero) is 2. The fourth-order valence-electron chi connectivity index (χ4n) is 10.2. The Labute approximate surface area is 359 Å². The maximum absolute atomic E-state index is 15.1. The summed E-state index contributed by atoms with van der Waals surface area (Å²) in [6.07, 6.45) is 13.4. The summed E-state index contributed by atoms with van der Waals surface area (Å²) in [5.41, 5.74) is 3.82. The summed E-state index contributed by atoms with van der Waals surface area (Å²) in [5, 5.41) is 3.55. The number of rotatable bonds is 2. The van der Waals surface area contributed by atoms with E-state index < -0.39 is 5.82 Å². The first-order valence-electron chi connectivity index (χ1n) is 20.8. The maximum atomic E-state index is 15.1. The molecule has 6 unspecified atom stereocenters. The summed E-state index contributed by atoms with van der Waals surface area (Å²) < 4.78 is 35.9. The van der Waals surface area contributed by atoms with E-state index in [1.807, 2.05) is 40.1 Å². The zero-order valence-electron chi connectivity index (χ0n) is 32.7. The number of hydrogen-bond acceptors (Lipinski definition) is 9. The number of ketones is 2. The number of fused-ring (bicyclic) bond motifs is 7. The Kier molecular flexibility index (Phi) is 12.4. The minimum absolute atomic E-state index is 0. The van der Waals surface area contributed by atoms with Gasteiger partial charge < -0.3 is 38.8 Å². The monoisotopic (exact) mass is 859 g/mol. The summed E-state index contributed by atoms with van der Waals surface area (Å²) >= 11 is 5.35. The van der Waals surface area contributed by atoms with Crippen molar-refractivity contribution in [3.63, 3.8) is 0 Å². The topological polar surface area (TPSA) is 140 Å². The first-order chi connectivity index (χ1) is 28.6. The maximum Gasteiger partial charge on any atom is 0.320 e. The Morgan fingerprint density at radius 2 is 1.38 bits per heavy atom. The highest BCUT2D eigenvalue weighted by molar-refractivity contribution is 6.62. The number of ether oxygens (including phenoxy) is 3. The van der Waals surface area contributed by atoms with Crippen LogP contribution in [0.15, 0.2) is 48.9 Å². The summed E-state index contributed by atoms with van der Waals surface area (Å²) in [6.45, 7) is 5.86. The number of morpholine rings is 3. The minimum Gasteiger partial charge on any atom is -0.372 e. The molecular formula is C45H55ClFN7O7. The number of carbonyl (C=O) groups excluding carboxylic acids is 4. The number of imidazole rings is 1. The lowest BCUT2D eigenvalue weighted by atomic mass is 9.98. The second-order valence-corrected chi connectivity index (χ2v) is 17.2. The number of hydrogen-bond donors (Lipinski definition) is 1. The lowest BCUT2D eigenvalue weighted by molar-refractivity contribution is -0.119. The van der Waals surface area contributed by atoms with Crippen molar-refractivity contribution >= 4 is 62.3 Å². The standard InChI is InChI=1S/C30H26FN5O4.C7H10ClNO2.C6H11NO.2CH4/c31-18-9-17-13-34(30(39)35-14-19-4-5-20(15-35)40-19)8-7-33-16-22(21(10-18)29(17)33)27-24(37)11-25(38)28(27)23-12-32-26-3-1-2-6-36(23)26;8-7(10)9-3-5-1-2-6(4-9)11-5;1-2-6-4-7-3-5(1)8-6;;/h1-3,6,9-10,12,16,19-20H,4-5,7-8,11,13-15H2;5-6H,1-4H2;5-7H,1-4H2;2*1H4. The van der Waals surface area contributed by atoms with E-state index in [1.54, 1.807) is 20.4 Å². The molecule has 3 amide bonds. The third-order valence-corrected chi connectivity index (χ3v) is 13.1. The van der Waals surface area contributed by atoms with Gasteiger partial charge in [0, 0.05) is 87.8 Å². The van der Waals surface area contributed by atoms with Crippen molar-refractivity contribution in [1.82, 2.24) is 34.0 Å². The fourth-order valence-corrected chi connectivity index (χ4v) is 10.3. The van der Waals surface area contributed by atoms with Crippen LogP contribution < -0.4 is 5.32 Å². The van der Waals surface area contributed by atoms with Crippen molar-refractivity contribution in [2.75, 3.05) is 45.8 Å². The van der Waals surface area contributed by atoms with Crippen LogP contribution in [0.1, 0.15) is 76.6 Å². The van der Waals surface area contributed by atoms with Gasteiger partial charge in [-0.25, -0.2) is 14.2 Å². The molecule has 0 saturated carbocycles. The molecule has 6 bridgehead atoms. The smallest absolute Gasteiger partial charge is 0.320 e. The molecule has 6 atom stereocenters. The zero-order chi connectivity index (χ0) is 40.4. The number of urea groups is 1. The highest BCUT2D eigenvalue weighted by atomic mass is 35.5. The van der Waals surface area contributed by atoms with Crippen LogP contribution in [0.3, 0.4) is 0 Å². The second kappa shape index (κ2) is 17.6. The van der Waals surface area contributed by atoms with Gasteiger partial charge in [-0.2, -0.15) is 0 Å².